The molecule has 1 heterocycles. The molecule has 80 valence electrons. The highest BCUT2D eigenvalue weighted by atomic mass is 32.1. The monoisotopic (exact) mass is 222 g/mol. The Bertz CT molecular complexity index is 426. The van der Waals surface area contributed by atoms with Gasteiger partial charge in [0.25, 0.3) is 0 Å². The Morgan fingerprint density at radius 2 is 2.07 bits per heavy atom. The molecule has 0 aliphatic heterocycles. The smallest absolute Gasteiger partial charge is 0.0901 e. The van der Waals surface area contributed by atoms with E-state index >= 15 is 0 Å². The highest BCUT2D eigenvalue weighted by Crippen LogP contribution is 2.22. The summed E-state index contributed by atoms with van der Waals surface area (Å²) in [6.07, 6.45) is 0. The third-order valence-corrected chi connectivity index (χ3v) is 2.57. The maximum atomic E-state index is 7.00. The van der Waals surface area contributed by atoms with Crippen molar-refractivity contribution in [2.45, 2.75) is 6.92 Å². The lowest BCUT2D eigenvalue weighted by atomic mass is 10.1. The summed E-state index contributed by atoms with van der Waals surface area (Å²) in [5.74, 6) is 0. The molecule has 0 amide bonds. The molecular formula is C11H14N2OS. The SMILES string of the molecule is CO.Cc1nc(-c2cccc(N)c2)cs1. The van der Waals surface area contributed by atoms with Gasteiger partial charge in [-0.3, -0.25) is 0 Å². The molecule has 1 aromatic carbocycles. The number of nitrogens with two attached hydrogens (primary N) is 1. The van der Waals surface area contributed by atoms with Gasteiger partial charge in [-0.05, 0) is 19.1 Å². The van der Waals surface area contributed by atoms with Crippen molar-refractivity contribution in [2.24, 2.45) is 0 Å². The van der Waals surface area contributed by atoms with Gasteiger partial charge < -0.3 is 10.8 Å². The maximum absolute atomic E-state index is 7.00. The summed E-state index contributed by atoms with van der Waals surface area (Å²) in [7, 11) is 1.00. The molecule has 0 unspecified atom stereocenters. The average molecular weight is 222 g/mol. The Hall–Kier alpha value is -1.39. The number of hydrogen-bond acceptors (Lipinski definition) is 4. The van der Waals surface area contributed by atoms with Crippen LogP contribution in [0.3, 0.4) is 0 Å². The first kappa shape index (κ1) is 11.7. The van der Waals surface area contributed by atoms with Crippen LogP contribution in [0.5, 0.6) is 0 Å². The fourth-order valence-corrected chi connectivity index (χ4v) is 1.82. The third-order valence-electron chi connectivity index (χ3n) is 1.80. The number of aromatic nitrogens is 1. The molecule has 0 bridgehead atoms. The molecule has 0 fully saturated rings. The molecule has 0 atom stereocenters. The summed E-state index contributed by atoms with van der Waals surface area (Å²) in [6.45, 7) is 2.00. The molecule has 0 saturated heterocycles. The molecule has 15 heavy (non-hydrogen) atoms. The minimum atomic E-state index is 0.781. The highest BCUT2D eigenvalue weighted by Gasteiger charge is 2.00. The molecule has 0 aliphatic carbocycles. The van der Waals surface area contributed by atoms with Gasteiger partial charge in [0, 0.05) is 23.7 Å². The summed E-state index contributed by atoms with van der Waals surface area (Å²) in [5.41, 5.74) is 8.56. The minimum Gasteiger partial charge on any atom is -0.400 e. The van der Waals surface area contributed by atoms with E-state index in [4.69, 9.17) is 10.8 Å². The number of thiazole rings is 1. The lowest BCUT2D eigenvalue weighted by molar-refractivity contribution is 0.399. The van der Waals surface area contributed by atoms with E-state index in [1.54, 1.807) is 11.3 Å². The molecule has 4 heteroatoms. The zero-order valence-corrected chi connectivity index (χ0v) is 9.58. The number of aliphatic hydroxyl groups excluding tert-OH is 1. The van der Waals surface area contributed by atoms with Crippen LogP contribution in [-0.4, -0.2) is 17.2 Å². The first-order chi connectivity index (χ1) is 7.25. The topological polar surface area (TPSA) is 59.1 Å². The van der Waals surface area contributed by atoms with Crippen molar-refractivity contribution in [3.8, 4) is 11.3 Å². The fourth-order valence-electron chi connectivity index (χ4n) is 1.19. The second-order valence-corrected chi connectivity index (χ2v) is 3.94. The first-order valence-electron chi connectivity index (χ1n) is 4.48. The van der Waals surface area contributed by atoms with Crippen LogP contribution in [0.1, 0.15) is 5.01 Å². The molecular weight excluding hydrogens is 208 g/mol. The Balaban J connectivity index is 0.000000531. The van der Waals surface area contributed by atoms with Crippen LogP contribution in [0.25, 0.3) is 11.3 Å². The lowest BCUT2D eigenvalue weighted by Crippen LogP contribution is -1.85. The van der Waals surface area contributed by atoms with Gasteiger partial charge in [0.2, 0.25) is 0 Å². The number of anilines is 1. The van der Waals surface area contributed by atoms with Crippen LogP contribution in [0, 0.1) is 6.92 Å². The molecule has 0 spiro atoms. The van der Waals surface area contributed by atoms with Crippen molar-refractivity contribution in [2.75, 3.05) is 12.8 Å². The number of aryl methyl sites for hydroxylation is 1. The van der Waals surface area contributed by atoms with E-state index < -0.39 is 0 Å². The van der Waals surface area contributed by atoms with Gasteiger partial charge in [0.1, 0.15) is 0 Å². The predicted molar refractivity (Wildman–Crippen MR) is 64.8 cm³/mol. The molecule has 0 aliphatic rings. The quantitative estimate of drug-likeness (QED) is 0.728. The van der Waals surface area contributed by atoms with Gasteiger partial charge in [-0.15, -0.1) is 11.3 Å². The van der Waals surface area contributed by atoms with Gasteiger partial charge >= 0.3 is 0 Å². The second kappa shape index (κ2) is 5.48. The highest BCUT2D eigenvalue weighted by molar-refractivity contribution is 7.09. The summed E-state index contributed by atoms with van der Waals surface area (Å²) in [6, 6.07) is 7.78. The van der Waals surface area contributed by atoms with E-state index in [2.05, 4.69) is 4.98 Å². The zero-order chi connectivity index (χ0) is 11.3. The van der Waals surface area contributed by atoms with E-state index in [1.807, 2.05) is 36.6 Å². The largest absolute Gasteiger partial charge is 0.400 e. The van der Waals surface area contributed by atoms with E-state index in [0.717, 1.165) is 29.1 Å². The summed E-state index contributed by atoms with van der Waals surface area (Å²) >= 11 is 1.65. The van der Waals surface area contributed by atoms with Crippen LogP contribution in [0.15, 0.2) is 29.6 Å². The Morgan fingerprint density at radius 3 is 2.60 bits per heavy atom. The number of benzene rings is 1. The van der Waals surface area contributed by atoms with Gasteiger partial charge in [-0.2, -0.15) is 0 Å². The minimum absolute atomic E-state index is 0.781. The van der Waals surface area contributed by atoms with Crippen molar-refractivity contribution in [1.82, 2.24) is 4.98 Å². The average Bonchev–Trinajstić information content (AvgIpc) is 2.68. The van der Waals surface area contributed by atoms with Crippen LogP contribution < -0.4 is 5.73 Å². The van der Waals surface area contributed by atoms with E-state index in [0.29, 0.717) is 0 Å². The number of hydrogen-bond donors (Lipinski definition) is 2. The maximum Gasteiger partial charge on any atom is 0.0901 e. The molecule has 3 N–H and O–H groups in total. The van der Waals surface area contributed by atoms with Crippen LogP contribution >= 0.6 is 11.3 Å². The van der Waals surface area contributed by atoms with E-state index in [9.17, 15) is 0 Å². The Morgan fingerprint density at radius 1 is 1.33 bits per heavy atom. The lowest BCUT2D eigenvalue weighted by Gasteiger charge is -1.97. The molecule has 2 rings (SSSR count). The molecule has 0 saturated carbocycles. The molecule has 0 radical (unpaired) electrons. The van der Waals surface area contributed by atoms with E-state index in [1.165, 1.54) is 0 Å². The number of nitrogen functional groups attached to an aromatic ring is 1. The van der Waals surface area contributed by atoms with Crippen LogP contribution in [0.2, 0.25) is 0 Å². The van der Waals surface area contributed by atoms with Crippen LogP contribution in [0.4, 0.5) is 5.69 Å². The number of aliphatic hydroxyl groups is 1. The number of rotatable bonds is 1. The summed E-state index contributed by atoms with van der Waals surface area (Å²) in [4.78, 5) is 4.38. The van der Waals surface area contributed by atoms with E-state index in [-0.39, 0.29) is 0 Å². The predicted octanol–water partition coefficient (Wildman–Crippen LogP) is 2.31. The van der Waals surface area contributed by atoms with Gasteiger partial charge in [0.15, 0.2) is 0 Å². The van der Waals surface area contributed by atoms with Crippen molar-refractivity contribution < 1.29 is 5.11 Å². The third kappa shape index (κ3) is 3.04. The summed E-state index contributed by atoms with van der Waals surface area (Å²) < 4.78 is 0. The Labute approximate surface area is 93.2 Å². The fraction of sp³-hybridized carbons (Fsp3) is 0.182. The van der Waals surface area contributed by atoms with Gasteiger partial charge in [-0.25, -0.2) is 4.98 Å². The molecule has 3 nitrogen and oxygen atoms in total. The first-order valence-corrected chi connectivity index (χ1v) is 5.36. The van der Waals surface area contributed by atoms with Crippen LogP contribution in [-0.2, 0) is 0 Å². The Kier molecular flexibility index (Phi) is 4.27. The van der Waals surface area contributed by atoms with Gasteiger partial charge in [0.05, 0.1) is 10.7 Å². The standard InChI is InChI=1S/C10H10N2S.CH4O/c1-7-12-10(6-13-7)8-3-2-4-9(11)5-8;1-2/h2-6H,11H2,1H3;2H,1H3. The molecule has 2 aromatic rings. The second-order valence-electron chi connectivity index (χ2n) is 2.88. The van der Waals surface area contributed by atoms with Gasteiger partial charge in [-0.1, -0.05) is 12.1 Å². The van der Waals surface area contributed by atoms with Crippen molar-refractivity contribution in [1.29, 1.82) is 0 Å². The van der Waals surface area contributed by atoms with Crippen molar-refractivity contribution in [3.63, 3.8) is 0 Å². The molecule has 1 aromatic heterocycles. The number of nitrogens with zero attached hydrogens (tertiary/aromatic N) is 1. The summed E-state index contributed by atoms with van der Waals surface area (Å²) in [5, 5.41) is 10.1. The van der Waals surface area contributed by atoms with Crippen molar-refractivity contribution >= 4 is 17.0 Å². The zero-order valence-electron chi connectivity index (χ0n) is 8.77. The van der Waals surface area contributed by atoms with Crippen molar-refractivity contribution in [3.05, 3.63) is 34.7 Å². The normalized spacial score (nSPS) is 9.27.